The molecule has 1 unspecified atom stereocenters. The van der Waals surface area contributed by atoms with Crippen LogP contribution >= 0.6 is 0 Å². The molecule has 1 aromatic heterocycles. The fourth-order valence-electron chi connectivity index (χ4n) is 2.21. The molecule has 1 aliphatic rings. The average molecular weight is 204 g/mol. The zero-order valence-corrected chi connectivity index (χ0v) is 9.66. The third-order valence-corrected chi connectivity index (χ3v) is 3.41. The van der Waals surface area contributed by atoms with Gasteiger partial charge in [0.2, 0.25) is 0 Å². The molecular formula is C13H20N2. The summed E-state index contributed by atoms with van der Waals surface area (Å²) >= 11 is 0. The van der Waals surface area contributed by atoms with Gasteiger partial charge in [-0.15, -0.1) is 0 Å². The van der Waals surface area contributed by atoms with Gasteiger partial charge in [0.25, 0.3) is 0 Å². The molecule has 0 aliphatic heterocycles. The van der Waals surface area contributed by atoms with Gasteiger partial charge in [-0.3, -0.25) is 4.98 Å². The minimum atomic E-state index is 0.440. The van der Waals surface area contributed by atoms with E-state index >= 15 is 0 Å². The van der Waals surface area contributed by atoms with E-state index in [2.05, 4.69) is 35.4 Å². The molecule has 82 valence electrons. The largest absolute Gasteiger partial charge is 0.312 e. The topological polar surface area (TPSA) is 24.9 Å². The molecule has 1 N–H and O–H groups in total. The van der Waals surface area contributed by atoms with Crippen molar-refractivity contribution in [2.45, 2.75) is 38.6 Å². The fourth-order valence-corrected chi connectivity index (χ4v) is 2.21. The van der Waals surface area contributed by atoms with Crippen molar-refractivity contribution >= 4 is 0 Å². The molecule has 2 nitrogen and oxygen atoms in total. The van der Waals surface area contributed by atoms with Crippen LogP contribution in [0.3, 0.4) is 0 Å². The smallest absolute Gasteiger partial charge is 0.0576 e. The van der Waals surface area contributed by atoms with Crippen molar-refractivity contribution in [1.29, 1.82) is 0 Å². The minimum absolute atomic E-state index is 0.440. The number of rotatable bonds is 4. The van der Waals surface area contributed by atoms with Gasteiger partial charge < -0.3 is 5.32 Å². The number of aromatic nitrogens is 1. The number of nitrogens with zero attached hydrogens (tertiary/aromatic N) is 1. The molecule has 2 rings (SSSR count). The van der Waals surface area contributed by atoms with Gasteiger partial charge in [-0.25, -0.2) is 0 Å². The van der Waals surface area contributed by atoms with E-state index in [1.165, 1.54) is 31.4 Å². The van der Waals surface area contributed by atoms with Crippen LogP contribution in [0.2, 0.25) is 0 Å². The molecule has 1 heterocycles. The van der Waals surface area contributed by atoms with Crippen molar-refractivity contribution in [3.8, 4) is 0 Å². The maximum Gasteiger partial charge on any atom is 0.0576 e. The van der Waals surface area contributed by atoms with Gasteiger partial charge in [-0.1, -0.05) is 25.3 Å². The Balaban J connectivity index is 2.04. The molecule has 0 saturated heterocycles. The van der Waals surface area contributed by atoms with Crippen LogP contribution in [-0.2, 0) is 0 Å². The van der Waals surface area contributed by atoms with Gasteiger partial charge in [0, 0.05) is 11.7 Å². The van der Waals surface area contributed by atoms with Crippen LogP contribution in [0.4, 0.5) is 0 Å². The van der Waals surface area contributed by atoms with Crippen LogP contribution in [-0.4, -0.2) is 12.0 Å². The maximum absolute atomic E-state index is 4.59. The standard InChI is InChI=1S/C13H20N2/c1-10-5-3-8-12(15-10)13(14-2)9-11-6-4-7-11/h3,5,8,11,13-14H,4,6-7,9H2,1-2H3. The summed E-state index contributed by atoms with van der Waals surface area (Å²) in [7, 11) is 2.04. The quantitative estimate of drug-likeness (QED) is 0.815. The fraction of sp³-hybridized carbons (Fsp3) is 0.615. The zero-order chi connectivity index (χ0) is 10.7. The van der Waals surface area contributed by atoms with E-state index in [0.29, 0.717) is 6.04 Å². The van der Waals surface area contributed by atoms with Gasteiger partial charge in [-0.2, -0.15) is 0 Å². The maximum atomic E-state index is 4.59. The Kier molecular flexibility index (Phi) is 3.37. The lowest BCUT2D eigenvalue weighted by molar-refractivity contribution is 0.264. The summed E-state index contributed by atoms with van der Waals surface area (Å²) in [4.78, 5) is 4.59. The average Bonchev–Trinajstić information content (AvgIpc) is 2.16. The SMILES string of the molecule is CNC(CC1CCC1)c1cccc(C)n1. The van der Waals surface area contributed by atoms with Crippen LogP contribution in [0.5, 0.6) is 0 Å². The normalized spacial score (nSPS) is 18.5. The number of hydrogen-bond acceptors (Lipinski definition) is 2. The summed E-state index contributed by atoms with van der Waals surface area (Å²) in [5.41, 5.74) is 2.31. The first-order valence-electron chi connectivity index (χ1n) is 5.90. The Morgan fingerprint density at radius 1 is 1.47 bits per heavy atom. The highest BCUT2D eigenvalue weighted by molar-refractivity contribution is 5.13. The molecule has 1 atom stereocenters. The molecule has 1 saturated carbocycles. The molecule has 15 heavy (non-hydrogen) atoms. The highest BCUT2D eigenvalue weighted by Gasteiger charge is 2.22. The van der Waals surface area contributed by atoms with Crippen LogP contribution in [0, 0.1) is 12.8 Å². The second-order valence-electron chi connectivity index (χ2n) is 4.58. The van der Waals surface area contributed by atoms with Crippen molar-refractivity contribution in [2.24, 2.45) is 5.92 Å². The number of pyridine rings is 1. The highest BCUT2D eigenvalue weighted by Crippen LogP contribution is 2.34. The summed E-state index contributed by atoms with van der Waals surface area (Å²) < 4.78 is 0. The summed E-state index contributed by atoms with van der Waals surface area (Å²) in [5, 5.41) is 3.38. The third-order valence-electron chi connectivity index (χ3n) is 3.41. The van der Waals surface area contributed by atoms with Crippen molar-refractivity contribution in [3.63, 3.8) is 0 Å². The number of nitrogens with one attached hydrogen (secondary N) is 1. The van der Waals surface area contributed by atoms with Gasteiger partial charge in [-0.05, 0) is 38.4 Å². The summed E-state index contributed by atoms with van der Waals surface area (Å²) in [6.07, 6.45) is 5.48. The Morgan fingerprint density at radius 2 is 2.27 bits per heavy atom. The molecule has 0 radical (unpaired) electrons. The zero-order valence-electron chi connectivity index (χ0n) is 9.66. The molecular weight excluding hydrogens is 184 g/mol. The third kappa shape index (κ3) is 2.57. The van der Waals surface area contributed by atoms with Crippen molar-refractivity contribution < 1.29 is 0 Å². The lowest BCUT2D eigenvalue weighted by Crippen LogP contribution is -2.24. The minimum Gasteiger partial charge on any atom is -0.312 e. The molecule has 1 fully saturated rings. The molecule has 2 heteroatoms. The lowest BCUT2D eigenvalue weighted by atomic mass is 9.80. The van der Waals surface area contributed by atoms with E-state index in [1.807, 2.05) is 7.05 Å². The monoisotopic (exact) mass is 204 g/mol. The van der Waals surface area contributed by atoms with Crippen LogP contribution in [0.15, 0.2) is 18.2 Å². The van der Waals surface area contributed by atoms with Crippen LogP contribution < -0.4 is 5.32 Å². The van der Waals surface area contributed by atoms with E-state index in [0.717, 1.165) is 11.6 Å². The van der Waals surface area contributed by atoms with E-state index in [4.69, 9.17) is 0 Å². The predicted molar refractivity (Wildman–Crippen MR) is 62.7 cm³/mol. The molecule has 0 amide bonds. The van der Waals surface area contributed by atoms with Crippen LogP contribution in [0.25, 0.3) is 0 Å². The molecule has 1 aliphatic carbocycles. The second kappa shape index (κ2) is 4.75. The van der Waals surface area contributed by atoms with E-state index in [9.17, 15) is 0 Å². The van der Waals surface area contributed by atoms with E-state index in [-0.39, 0.29) is 0 Å². The Labute approximate surface area is 92.1 Å². The lowest BCUT2D eigenvalue weighted by Gasteiger charge is -2.29. The Bertz CT molecular complexity index is 318. The summed E-state index contributed by atoms with van der Waals surface area (Å²) in [6, 6.07) is 6.73. The Hall–Kier alpha value is -0.890. The van der Waals surface area contributed by atoms with Gasteiger partial charge in [0.15, 0.2) is 0 Å². The summed E-state index contributed by atoms with van der Waals surface area (Å²) in [6.45, 7) is 2.06. The first-order valence-corrected chi connectivity index (χ1v) is 5.90. The number of hydrogen-bond donors (Lipinski definition) is 1. The first kappa shape index (κ1) is 10.6. The molecule has 0 spiro atoms. The predicted octanol–water partition coefficient (Wildman–Crippen LogP) is 2.84. The van der Waals surface area contributed by atoms with Crippen LogP contribution in [0.1, 0.15) is 43.1 Å². The molecule has 0 bridgehead atoms. The summed E-state index contributed by atoms with van der Waals surface area (Å²) in [5.74, 6) is 0.921. The van der Waals surface area contributed by atoms with Gasteiger partial charge in [0.05, 0.1) is 5.69 Å². The molecule has 1 aromatic rings. The van der Waals surface area contributed by atoms with Gasteiger partial charge in [0.1, 0.15) is 0 Å². The van der Waals surface area contributed by atoms with E-state index < -0.39 is 0 Å². The molecule has 0 aromatic carbocycles. The van der Waals surface area contributed by atoms with E-state index in [1.54, 1.807) is 0 Å². The Morgan fingerprint density at radius 3 is 2.80 bits per heavy atom. The van der Waals surface area contributed by atoms with Gasteiger partial charge >= 0.3 is 0 Å². The number of aryl methyl sites for hydroxylation is 1. The van der Waals surface area contributed by atoms with Crippen molar-refractivity contribution in [1.82, 2.24) is 10.3 Å². The first-order chi connectivity index (χ1) is 7.29. The van der Waals surface area contributed by atoms with Crippen molar-refractivity contribution in [3.05, 3.63) is 29.6 Å². The second-order valence-corrected chi connectivity index (χ2v) is 4.58. The highest BCUT2D eigenvalue weighted by atomic mass is 14.9. The van der Waals surface area contributed by atoms with Crippen molar-refractivity contribution in [2.75, 3.05) is 7.05 Å².